The molecule has 2 heterocycles. The number of anilines is 2. The lowest BCUT2D eigenvalue weighted by Crippen LogP contribution is -2.41. The number of nitrogens with zero attached hydrogens (tertiary/aromatic N) is 2. The van der Waals surface area contributed by atoms with Gasteiger partial charge in [-0.15, -0.1) is 0 Å². The quantitative estimate of drug-likeness (QED) is 0.383. The Morgan fingerprint density at radius 1 is 1.00 bits per heavy atom. The second-order valence-corrected chi connectivity index (χ2v) is 8.30. The van der Waals surface area contributed by atoms with Crippen LogP contribution in [0.15, 0.2) is 87.0 Å². The molecule has 2 aromatic heterocycles. The zero-order valence-corrected chi connectivity index (χ0v) is 19.6. The van der Waals surface area contributed by atoms with E-state index in [0.29, 0.717) is 18.7 Å². The summed E-state index contributed by atoms with van der Waals surface area (Å²) in [7, 11) is 0. The summed E-state index contributed by atoms with van der Waals surface area (Å²) in [5.74, 6) is 0.112. The number of furan rings is 1. The third kappa shape index (κ3) is 5.43. The predicted octanol–water partition coefficient (Wildman–Crippen LogP) is 3.95. The van der Waals surface area contributed by atoms with Crippen LogP contribution in [0.25, 0.3) is 11.1 Å². The molecule has 0 saturated heterocycles. The fourth-order valence-corrected chi connectivity index (χ4v) is 3.94. The number of hydrogen-bond donors (Lipinski definition) is 2. The van der Waals surface area contributed by atoms with Gasteiger partial charge in [-0.2, -0.15) is 0 Å². The Morgan fingerprint density at radius 2 is 1.71 bits per heavy atom. The first kappa shape index (κ1) is 23.8. The maximum absolute atomic E-state index is 13.5. The number of nitrogen functional groups attached to an aromatic ring is 1. The van der Waals surface area contributed by atoms with Crippen LogP contribution in [0.4, 0.5) is 11.5 Å². The second kappa shape index (κ2) is 10.7. The minimum absolute atomic E-state index is 0.00714. The third-order valence-corrected chi connectivity index (χ3v) is 5.83. The van der Waals surface area contributed by atoms with E-state index in [1.165, 1.54) is 15.7 Å². The van der Waals surface area contributed by atoms with Gasteiger partial charge in [0.15, 0.2) is 5.69 Å². The fraction of sp³-hybridized carbons (Fsp3) is 0.222. The van der Waals surface area contributed by atoms with Crippen LogP contribution in [-0.2, 0) is 24.3 Å². The number of nitrogens with one attached hydrogen (secondary N) is 1. The first-order valence-corrected chi connectivity index (χ1v) is 11.6. The molecule has 8 nitrogen and oxygen atoms in total. The Labute approximate surface area is 202 Å². The van der Waals surface area contributed by atoms with Crippen LogP contribution in [0.1, 0.15) is 31.1 Å². The number of rotatable bonds is 9. The molecule has 0 spiro atoms. The van der Waals surface area contributed by atoms with Crippen molar-refractivity contribution in [2.75, 3.05) is 10.6 Å². The first-order chi connectivity index (χ1) is 17.0. The van der Waals surface area contributed by atoms with E-state index in [-0.39, 0.29) is 30.4 Å². The highest BCUT2D eigenvalue weighted by Crippen LogP contribution is 2.23. The largest absolute Gasteiger partial charge is 0.467 e. The smallest absolute Gasteiger partial charge is 0.330 e. The molecule has 0 aliphatic rings. The van der Waals surface area contributed by atoms with Crippen molar-refractivity contribution in [1.82, 2.24) is 9.55 Å². The van der Waals surface area contributed by atoms with E-state index < -0.39 is 11.2 Å². The highest BCUT2D eigenvalue weighted by Gasteiger charge is 2.25. The molecule has 180 valence electrons. The Hall–Kier alpha value is -4.33. The van der Waals surface area contributed by atoms with Crippen molar-refractivity contribution >= 4 is 17.4 Å². The van der Waals surface area contributed by atoms with Crippen LogP contribution >= 0.6 is 0 Å². The van der Waals surface area contributed by atoms with E-state index in [9.17, 15) is 14.4 Å². The van der Waals surface area contributed by atoms with E-state index in [0.717, 1.165) is 23.1 Å². The minimum atomic E-state index is -0.709. The number of aromatic nitrogens is 2. The average molecular weight is 473 g/mol. The maximum Gasteiger partial charge on any atom is 0.330 e. The van der Waals surface area contributed by atoms with Crippen LogP contribution in [0, 0.1) is 0 Å². The summed E-state index contributed by atoms with van der Waals surface area (Å²) in [6.07, 6.45) is 3.09. The van der Waals surface area contributed by atoms with Gasteiger partial charge in [-0.3, -0.25) is 24.0 Å². The van der Waals surface area contributed by atoms with Gasteiger partial charge in [-0.05, 0) is 35.2 Å². The fourth-order valence-electron chi connectivity index (χ4n) is 3.94. The van der Waals surface area contributed by atoms with Crippen molar-refractivity contribution in [1.29, 1.82) is 0 Å². The number of amides is 1. The summed E-state index contributed by atoms with van der Waals surface area (Å²) in [5.41, 5.74) is 7.84. The van der Waals surface area contributed by atoms with Crippen LogP contribution in [0.2, 0.25) is 0 Å². The minimum Gasteiger partial charge on any atom is -0.467 e. The molecule has 0 aliphatic heterocycles. The number of carbonyl (C=O) groups excluding carboxylic acids is 1. The number of unbranched alkanes of at least 4 members (excludes halogenated alkanes) is 1. The van der Waals surface area contributed by atoms with Crippen LogP contribution in [0.3, 0.4) is 0 Å². The van der Waals surface area contributed by atoms with Gasteiger partial charge < -0.3 is 10.2 Å². The highest BCUT2D eigenvalue weighted by atomic mass is 16.3. The van der Waals surface area contributed by atoms with Gasteiger partial charge in [0.05, 0.1) is 19.2 Å². The first-order valence-electron chi connectivity index (χ1n) is 11.6. The third-order valence-electron chi connectivity index (χ3n) is 5.83. The molecular weight excluding hydrogens is 444 g/mol. The van der Waals surface area contributed by atoms with Crippen molar-refractivity contribution in [3.8, 4) is 11.1 Å². The number of hydrogen-bond acceptors (Lipinski definition) is 5. The molecule has 3 N–H and O–H groups in total. The number of nitrogens with two attached hydrogens (primary N) is 1. The van der Waals surface area contributed by atoms with Gasteiger partial charge >= 0.3 is 5.69 Å². The number of aromatic amines is 1. The summed E-state index contributed by atoms with van der Waals surface area (Å²) >= 11 is 0. The maximum atomic E-state index is 13.5. The zero-order valence-electron chi connectivity index (χ0n) is 19.6. The lowest BCUT2D eigenvalue weighted by Gasteiger charge is -2.24. The highest BCUT2D eigenvalue weighted by molar-refractivity contribution is 5.96. The summed E-state index contributed by atoms with van der Waals surface area (Å²) in [6.45, 7) is 2.34. The van der Waals surface area contributed by atoms with Crippen molar-refractivity contribution in [2.24, 2.45) is 0 Å². The zero-order chi connectivity index (χ0) is 24.8. The molecule has 0 bridgehead atoms. The molecule has 2 aromatic carbocycles. The van der Waals surface area contributed by atoms with Crippen molar-refractivity contribution in [3.63, 3.8) is 0 Å². The molecule has 8 heteroatoms. The molecule has 4 aromatic rings. The van der Waals surface area contributed by atoms with Gasteiger partial charge in [0.25, 0.3) is 5.56 Å². The summed E-state index contributed by atoms with van der Waals surface area (Å²) in [5, 5.41) is 0. The molecule has 0 unspecified atom stereocenters. The lowest BCUT2D eigenvalue weighted by atomic mass is 10.0. The predicted molar refractivity (Wildman–Crippen MR) is 136 cm³/mol. The van der Waals surface area contributed by atoms with Crippen molar-refractivity contribution < 1.29 is 9.21 Å². The van der Waals surface area contributed by atoms with Crippen LogP contribution < -0.4 is 21.9 Å². The van der Waals surface area contributed by atoms with E-state index >= 15 is 0 Å². The molecule has 0 saturated carbocycles. The number of H-pyrrole nitrogens is 1. The standard InChI is InChI=1S/C27H28N4O4/c1-2-3-15-30-25(28)24(26(33)29-27(30)34)31(18-22-10-7-16-35-22)23(32)17-19-11-13-21(14-12-19)20-8-5-4-6-9-20/h4-14,16H,2-3,15,17-18,28H2,1H3,(H,29,33,34). The Balaban J connectivity index is 1.66. The number of carbonyl (C=O) groups is 1. The van der Waals surface area contributed by atoms with Crippen molar-refractivity contribution in [2.45, 2.75) is 39.3 Å². The molecule has 0 fully saturated rings. The molecule has 0 radical (unpaired) electrons. The molecule has 35 heavy (non-hydrogen) atoms. The van der Waals surface area contributed by atoms with Crippen LogP contribution in [0.5, 0.6) is 0 Å². The Morgan fingerprint density at radius 3 is 2.37 bits per heavy atom. The normalized spacial score (nSPS) is 10.9. The summed E-state index contributed by atoms with van der Waals surface area (Å²) in [6, 6.07) is 21.1. The van der Waals surface area contributed by atoms with E-state index in [1.807, 2.05) is 61.5 Å². The SMILES string of the molecule is CCCCn1c(N)c(N(Cc2ccco2)C(=O)Cc2ccc(-c3ccccc3)cc2)c(=O)[nH]c1=O. The van der Waals surface area contributed by atoms with Gasteiger partial charge in [0, 0.05) is 6.54 Å². The number of benzene rings is 2. The van der Waals surface area contributed by atoms with E-state index in [1.54, 1.807) is 12.1 Å². The average Bonchev–Trinajstić information content (AvgIpc) is 3.37. The van der Waals surface area contributed by atoms with Gasteiger partial charge in [-0.25, -0.2) is 4.79 Å². The van der Waals surface area contributed by atoms with Gasteiger partial charge in [0.2, 0.25) is 5.91 Å². The van der Waals surface area contributed by atoms with Crippen LogP contribution in [-0.4, -0.2) is 15.5 Å². The Bertz CT molecular complexity index is 1390. The van der Waals surface area contributed by atoms with Crippen molar-refractivity contribution in [3.05, 3.63) is 105 Å². The van der Waals surface area contributed by atoms with E-state index in [2.05, 4.69) is 4.98 Å². The molecule has 4 rings (SSSR count). The summed E-state index contributed by atoms with van der Waals surface area (Å²) < 4.78 is 6.74. The van der Waals surface area contributed by atoms with Gasteiger partial charge in [-0.1, -0.05) is 67.9 Å². The monoisotopic (exact) mass is 472 g/mol. The second-order valence-electron chi connectivity index (χ2n) is 8.30. The summed E-state index contributed by atoms with van der Waals surface area (Å²) in [4.78, 5) is 42.3. The van der Waals surface area contributed by atoms with Gasteiger partial charge in [0.1, 0.15) is 11.6 Å². The van der Waals surface area contributed by atoms with E-state index in [4.69, 9.17) is 10.2 Å². The molecular formula is C27H28N4O4. The molecule has 0 aliphatic carbocycles. The Kier molecular flexibility index (Phi) is 7.30. The lowest BCUT2D eigenvalue weighted by molar-refractivity contribution is -0.118. The molecule has 1 amide bonds. The molecule has 0 atom stereocenters. The topological polar surface area (TPSA) is 114 Å².